The highest BCUT2D eigenvalue weighted by atomic mass is 16.3. The van der Waals surface area contributed by atoms with E-state index < -0.39 is 0 Å². The summed E-state index contributed by atoms with van der Waals surface area (Å²) in [6.45, 7) is 3.36. The Morgan fingerprint density at radius 1 is 0.960 bits per heavy atom. The van der Waals surface area contributed by atoms with Crippen molar-refractivity contribution >= 4 is 17.7 Å². The second-order valence-electron chi connectivity index (χ2n) is 6.20. The van der Waals surface area contributed by atoms with Crippen LogP contribution in [-0.2, 0) is 11.2 Å². The molecule has 2 aromatic rings. The monoisotopic (exact) mass is 336 g/mol. The molecule has 1 N–H and O–H groups in total. The Hall–Kier alpha value is -2.59. The van der Waals surface area contributed by atoms with Crippen LogP contribution in [-0.4, -0.2) is 48.7 Å². The Kier molecular flexibility index (Phi) is 5.86. The summed E-state index contributed by atoms with van der Waals surface area (Å²) in [5.74, 6) is 0.0622. The minimum Gasteiger partial charge on any atom is -0.396 e. The van der Waals surface area contributed by atoms with Gasteiger partial charge in [-0.05, 0) is 35.8 Å². The third-order valence-corrected chi connectivity index (χ3v) is 4.51. The summed E-state index contributed by atoms with van der Waals surface area (Å²) in [5.41, 5.74) is 3.31. The number of rotatable bonds is 5. The molecule has 4 heteroatoms. The maximum absolute atomic E-state index is 12.4. The van der Waals surface area contributed by atoms with Gasteiger partial charge in [0.1, 0.15) is 0 Å². The van der Waals surface area contributed by atoms with Crippen LogP contribution < -0.4 is 4.90 Å². The van der Waals surface area contributed by atoms with Crippen molar-refractivity contribution < 1.29 is 9.90 Å². The molecule has 0 atom stereocenters. The van der Waals surface area contributed by atoms with Crippen LogP contribution in [0.25, 0.3) is 6.08 Å². The van der Waals surface area contributed by atoms with Crippen LogP contribution in [0.15, 0.2) is 60.7 Å². The normalized spacial score (nSPS) is 14.9. The van der Waals surface area contributed by atoms with E-state index in [2.05, 4.69) is 17.0 Å². The quantitative estimate of drug-likeness (QED) is 0.854. The van der Waals surface area contributed by atoms with Crippen LogP contribution in [0.1, 0.15) is 11.1 Å². The van der Waals surface area contributed by atoms with Gasteiger partial charge >= 0.3 is 0 Å². The van der Waals surface area contributed by atoms with Crippen LogP contribution in [0.3, 0.4) is 0 Å². The number of anilines is 1. The number of hydrogen-bond acceptors (Lipinski definition) is 3. The first-order valence-corrected chi connectivity index (χ1v) is 8.73. The van der Waals surface area contributed by atoms with E-state index in [-0.39, 0.29) is 12.5 Å². The van der Waals surface area contributed by atoms with Crippen molar-refractivity contribution in [2.75, 3.05) is 37.7 Å². The van der Waals surface area contributed by atoms with Crippen molar-refractivity contribution in [3.63, 3.8) is 0 Å². The van der Waals surface area contributed by atoms with E-state index in [9.17, 15) is 4.79 Å². The Morgan fingerprint density at radius 3 is 2.28 bits per heavy atom. The molecule has 0 bridgehead atoms. The standard InChI is InChI=1S/C21H24N2O2/c24-17-12-19-8-6-18(7-9-19)10-11-21(25)23-15-13-22(14-16-23)20-4-2-1-3-5-20/h1-11,24H,12-17H2. The lowest BCUT2D eigenvalue weighted by Crippen LogP contribution is -2.48. The topological polar surface area (TPSA) is 43.8 Å². The molecule has 3 rings (SSSR count). The van der Waals surface area contributed by atoms with Crippen molar-refractivity contribution in [2.24, 2.45) is 0 Å². The van der Waals surface area contributed by atoms with Gasteiger partial charge in [-0.1, -0.05) is 42.5 Å². The molecule has 0 aliphatic carbocycles. The molecule has 25 heavy (non-hydrogen) atoms. The Morgan fingerprint density at radius 2 is 1.64 bits per heavy atom. The second-order valence-corrected chi connectivity index (χ2v) is 6.20. The van der Waals surface area contributed by atoms with Gasteiger partial charge in [0.2, 0.25) is 5.91 Å². The maximum Gasteiger partial charge on any atom is 0.246 e. The predicted molar refractivity (Wildman–Crippen MR) is 102 cm³/mol. The zero-order valence-electron chi connectivity index (χ0n) is 14.3. The van der Waals surface area contributed by atoms with Gasteiger partial charge in [0, 0.05) is 44.5 Å². The Balaban J connectivity index is 1.52. The van der Waals surface area contributed by atoms with E-state index in [0.29, 0.717) is 6.42 Å². The number of aliphatic hydroxyl groups is 1. The van der Waals surface area contributed by atoms with E-state index in [0.717, 1.165) is 37.3 Å². The number of carbonyl (C=O) groups is 1. The molecule has 1 heterocycles. The highest BCUT2D eigenvalue weighted by Crippen LogP contribution is 2.16. The highest BCUT2D eigenvalue weighted by molar-refractivity contribution is 5.92. The van der Waals surface area contributed by atoms with Crippen LogP contribution in [0.5, 0.6) is 0 Å². The first kappa shape index (κ1) is 17.2. The fourth-order valence-corrected chi connectivity index (χ4v) is 3.02. The molecule has 0 saturated carbocycles. The van der Waals surface area contributed by atoms with Gasteiger partial charge in [-0.3, -0.25) is 4.79 Å². The van der Waals surface area contributed by atoms with Crippen LogP contribution in [0.2, 0.25) is 0 Å². The summed E-state index contributed by atoms with van der Waals surface area (Å²) in [6, 6.07) is 18.2. The van der Waals surface area contributed by atoms with Crippen molar-refractivity contribution in [1.82, 2.24) is 4.90 Å². The maximum atomic E-state index is 12.4. The number of piperazine rings is 1. The first-order valence-electron chi connectivity index (χ1n) is 8.73. The van der Waals surface area contributed by atoms with Gasteiger partial charge in [0.15, 0.2) is 0 Å². The number of carbonyl (C=O) groups excluding carboxylic acids is 1. The molecule has 1 aliphatic heterocycles. The number of nitrogens with zero attached hydrogens (tertiary/aromatic N) is 2. The molecule has 1 saturated heterocycles. The lowest BCUT2D eigenvalue weighted by Gasteiger charge is -2.35. The van der Waals surface area contributed by atoms with Gasteiger partial charge in [-0.15, -0.1) is 0 Å². The van der Waals surface area contributed by atoms with E-state index in [1.54, 1.807) is 6.08 Å². The summed E-state index contributed by atoms with van der Waals surface area (Å²) in [5, 5.41) is 8.93. The summed E-state index contributed by atoms with van der Waals surface area (Å²) in [4.78, 5) is 16.6. The van der Waals surface area contributed by atoms with Gasteiger partial charge in [0.05, 0.1) is 0 Å². The number of para-hydroxylation sites is 1. The summed E-state index contributed by atoms with van der Waals surface area (Å²) in [6.07, 6.45) is 4.17. The smallest absolute Gasteiger partial charge is 0.246 e. The van der Waals surface area contributed by atoms with E-state index in [4.69, 9.17) is 5.11 Å². The number of amides is 1. The largest absolute Gasteiger partial charge is 0.396 e. The zero-order valence-corrected chi connectivity index (χ0v) is 14.3. The predicted octanol–water partition coefficient (Wildman–Crippen LogP) is 2.58. The van der Waals surface area contributed by atoms with Gasteiger partial charge < -0.3 is 14.9 Å². The lowest BCUT2D eigenvalue weighted by atomic mass is 10.1. The average Bonchev–Trinajstić information content (AvgIpc) is 2.68. The lowest BCUT2D eigenvalue weighted by molar-refractivity contribution is -0.126. The third-order valence-electron chi connectivity index (χ3n) is 4.51. The third kappa shape index (κ3) is 4.70. The van der Waals surface area contributed by atoms with Gasteiger partial charge in [-0.2, -0.15) is 0 Å². The van der Waals surface area contributed by atoms with Crippen molar-refractivity contribution in [2.45, 2.75) is 6.42 Å². The number of aliphatic hydroxyl groups excluding tert-OH is 1. The Bertz CT molecular complexity index is 702. The molecule has 1 aliphatic rings. The summed E-state index contributed by atoms with van der Waals surface area (Å²) >= 11 is 0. The molecule has 1 fully saturated rings. The molecule has 2 aromatic carbocycles. The van der Waals surface area contributed by atoms with Gasteiger partial charge in [0.25, 0.3) is 0 Å². The molecule has 1 amide bonds. The molecule has 0 spiro atoms. The summed E-state index contributed by atoms with van der Waals surface area (Å²) < 4.78 is 0. The molecule has 4 nitrogen and oxygen atoms in total. The van der Waals surface area contributed by atoms with Crippen molar-refractivity contribution in [3.05, 3.63) is 71.8 Å². The minimum absolute atomic E-state index is 0.0622. The van der Waals surface area contributed by atoms with Crippen LogP contribution >= 0.6 is 0 Å². The highest BCUT2D eigenvalue weighted by Gasteiger charge is 2.19. The molecular weight excluding hydrogens is 312 g/mol. The van der Waals surface area contributed by atoms with E-state index in [1.165, 1.54) is 5.69 Å². The number of hydrogen-bond donors (Lipinski definition) is 1. The average molecular weight is 336 g/mol. The molecule has 0 radical (unpaired) electrons. The molecular formula is C21H24N2O2. The van der Waals surface area contributed by atoms with Crippen LogP contribution in [0, 0.1) is 0 Å². The van der Waals surface area contributed by atoms with Crippen molar-refractivity contribution in [1.29, 1.82) is 0 Å². The fraction of sp³-hybridized carbons (Fsp3) is 0.286. The fourth-order valence-electron chi connectivity index (χ4n) is 3.02. The van der Waals surface area contributed by atoms with Crippen molar-refractivity contribution in [3.8, 4) is 0 Å². The first-order chi connectivity index (χ1) is 12.3. The number of benzene rings is 2. The van der Waals surface area contributed by atoms with Crippen LogP contribution in [0.4, 0.5) is 5.69 Å². The van der Waals surface area contributed by atoms with Gasteiger partial charge in [-0.25, -0.2) is 0 Å². The molecule has 130 valence electrons. The molecule has 0 aromatic heterocycles. The van der Waals surface area contributed by atoms with E-state index in [1.807, 2.05) is 53.4 Å². The molecule has 0 unspecified atom stereocenters. The Labute approximate surface area is 149 Å². The SMILES string of the molecule is O=C(C=Cc1ccc(CCO)cc1)N1CCN(c2ccccc2)CC1. The summed E-state index contributed by atoms with van der Waals surface area (Å²) in [7, 11) is 0. The zero-order chi connectivity index (χ0) is 17.5. The van der Waals surface area contributed by atoms with E-state index >= 15 is 0 Å². The second kappa shape index (κ2) is 8.49. The minimum atomic E-state index is 0.0622.